The average Bonchev–Trinajstić information content (AvgIpc) is 1.62. The summed E-state index contributed by atoms with van der Waals surface area (Å²) in [5, 5.41) is 55.3. The van der Waals surface area contributed by atoms with E-state index in [1.54, 1.807) is 127 Å². The van der Waals surface area contributed by atoms with Gasteiger partial charge in [-0.15, -0.1) is 0 Å². The van der Waals surface area contributed by atoms with E-state index in [1.165, 1.54) is 5.56 Å². The van der Waals surface area contributed by atoms with Crippen LogP contribution in [0.25, 0.3) is 83.6 Å². The normalized spacial score (nSPS) is 16.0. The number of anilines is 5. The summed E-state index contributed by atoms with van der Waals surface area (Å²) in [6, 6.07) is 20.5. The van der Waals surface area contributed by atoms with Crippen molar-refractivity contribution in [2.24, 2.45) is 5.92 Å². The number of fused-ring (bicyclic) bond motifs is 5. The first-order chi connectivity index (χ1) is 67.1. The molecule has 1 unspecified atom stereocenters. The van der Waals surface area contributed by atoms with Crippen molar-refractivity contribution >= 4 is 84.3 Å². The highest BCUT2D eigenvalue weighted by molar-refractivity contribution is 5.89. The molecule has 0 radical (unpaired) electrons. The quantitative estimate of drug-likeness (QED) is 0.0425. The standard InChI is InChI=1S/C26H29F3N6O.C22H25FN6O.C22H26N6O.C18H17N5O.C16H15N5O/c1-25(36,18-2-3-18)8-4-19-14-22-20(15-32-19)21(16-35(22)23-5-10-31-24(30)33-23)17-6-11-34(12-7-17)13-9-26(27,28)29;1-22(2,30)7-4-15-10-19-16(11-25-15)17(14-5-8-28(3)9-6-14)13-29(19)20-18(23)12-26-21(24)27-20;1-22(2,29)8-4-16-12-19-17(13-25-16)18(15-6-10-27(3)11-7-15)14-28(19)20-5-9-24-21(23)26-20;19-17-20-9-4-16(22-17)23-10-5-13-12-21-14(11-15(13)23)3-8-18(24)6-1-2-7-18;1-16(2,22)6-3-12-9-13-11(10-19-12)5-8-21(13)14-4-7-18-15(17)20-14/h5,10,14-18,36H,2-3,6-7,9,11-13H2,1H3,(H2,30,31,33);10-14,30H,5-6,8-9H2,1-3H3,(H2,24,26,27);5,9,12-15,29H,6-7,10-11H2,1-3H3,(H2,23,24,26);4-5,9-12,24H,1-2,6-7H2,(H2,19,20,22);4-5,7-10,22H,1-2H3,(H2,17,18,20). The number of rotatable bonds is 11. The predicted octanol–water partition coefficient (Wildman–Crippen LogP) is 12.4. The topological polar surface area (TPSA) is 459 Å². The van der Waals surface area contributed by atoms with Crippen LogP contribution in [0.5, 0.6) is 0 Å². The van der Waals surface area contributed by atoms with Crippen molar-refractivity contribution in [2.75, 3.05) is 88.6 Å². The number of alkyl halides is 3. The molecule has 5 fully saturated rings. The third kappa shape index (κ3) is 25.4. The van der Waals surface area contributed by atoms with Gasteiger partial charge in [-0.05, 0) is 316 Å². The molecule has 5 aliphatic rings. The number of hydrogen-bond acceptors (Lipinski definition) is 28. The summed E-state index contributed by atoms with van der Waals surface area (Å²) in [4.78, 5) is 69.7. The predicted molar refractivity (Wildman–Crippen MR) is 533 cm³/mol. The fourth-order valence-electron chi connectivity index (χ4n) is 17.5. The molecular formula is C104H112F4N28O5. The Hall–Kier alpha value is -15.0. The summed E-state index contributed by atoms with van der Waals surface area (Å²) < 4.78 is 62.0. The van der Waals surface area contributed by atoms with Crippen LogP contribution < -0.4 is 28.7 Å². The number of aromatic nitrogens is 20. The number of piperidine rings is 3. The van der Waals surface area contributed by atoms with E-state index in [-0.39, 0.29) is 53.9 Å². The van der Waals surface area contributed by atoms with Crippen LogP contribution in [0.15, 0.2) is 160 Å². The molecule has 37 heteroatoms. The number of nitrogen functional groups attached to an aromatic ring is 5. The van der Waals surface area contributed by atoms with Crippen molar-refractivity contribution in [3.63, 3.8) is 0 Å². The van der Waals surface area contributed by atoms with Gasteiger partial charge in [-0.2, -0.15) is 38.1 Å². The molecule has 20 rings (SSSR count). The first-order valence-electron chi connectivity index (χ1n) is 46.7. The molecule has 141 heavy (non-hydrogen) atoms. The van der Waals surface area contributed by atoms with E-state index in [0.717, 1.165) is 175 Å². The van der Waals surface area contributed by atoms with Crippen LogP contribution in [0.3, 0.4) is 0 Å². The number of likely N-dealkylation sites (tertiary alicyclic amines) is 3. The van der Waals surface area contributed by atoms with E-state index >= 15 is 0 Å². The maximum Gasteiger partial charge on any atom is 0.390 e. The zero-order valence-electron chi connectivity index (χ0n) is 79.9. The third-order valence-electron chi connectivity index (χ3n) is 25.1. The van der Waals surface area contributed by atoms with Gasteiger partial charge in [0.2, 0.25) is 29.7 Å². The fourth-order valence-corrected chi connectivity index (χ4v) is 17.5. The first kappa shape index (κ1) is 99.1. The smallest absolute Gasteiger partial charge is 0.378 e. The Morgan fingerprint density at radius 1 is 0.397 bits per heavy atom. The molecule has 18 heterocycles. The molecule has 0 amide bonds. The summed E-state index contributed by atoms with van der Waals surface area (Å²) in [6.07, 6.45) is 32.8. The monoisotopic (exact) mass is 1910 g/mol. The lowest BCUT2D eigenvalue weighted by Crippen LogP contribution is -2.35. The van der Waals surface area contributed by atoms with Crippen molar-refractivity contribution < 1.29 is 43.1 Å². The minimum atomic E-state index is -4.14. The van der Waals surface area contributed by atoms with Crippen molar-refractivity contribution in [3.05, 3.63) is 211 Å². The maximum atomic E-state index is 14.6. The van der Waals surface area contributed by atoms with Gasteiger partial charge < -0.3 is 87.2 Å². The van der Waals surface area contributed by atoms with Crippen molar-refractivity contribution in [3.8, 4) is 88.3 Å². The van der Waals surface area contributed by atoms with Crippen molar-refractivity contribution in [1.29, 1.82) is 0 Å². The molecule has 3 saturated heterocycles. The molecule has 2 aliphatic carbocycles. The molecule has 3 aliphatic heterocycles. The van der Waals surface area contributed by atoms with E-state index in [0.29, 0.717) is 76.7 Å². The van der Waals surface area contributed by atoms with E-state index in [1.807, 2.05) is 96.6 Å². The lowest BCUT2D eigenvalue weighted by molar-refractivity contribution is -0.138. The molecule has 33 nitrogen and oxygen atoms in total. The third-order valence-corrected chi connectivity index (χ3v) is 25.1. The van der Waals surface area contributed by atoms with Gasteiger partial charge in [-0.25, -0.2) is 54.2 Å². The molecule has 15 aromatic rings. The minimum absolute atomic E-state index is 0.00481. The summed E-state index contributed by atoms with van der Waals surface area (Å²) in [6.45, 7) is 17.0. The van der Waals surface area contributed by atoms with E-state index < -0.39 is 46.4 Å². The van der Waals surface area contributed by atoms with Crippen LogP contribution >= 0.6 is 0 Å². The zero-order valence-corrected chi connectivity index (χ0v) is 79.9. The van der Waals surface area contributed by atoms with Crippen molar-refractivity contribution in [2.45, 2.75) is 184 Å². The highest BCUT2D eigenvalue weighted by Crippen LogP contribution is 2.42. The van der Waals surface area contributed by atoms with Crippen LogP contribution in [0.4, 0.5) is 47.3 Å². The minimum Gasteiger partial charge on any atom is -0.378 e. The highest BCUT2D eigenvalue weighted by atomic mass is 19.4. The summed E-state index contributed by atoms with van der Waals surface area (Å²) in [5.41, 5.74) is 34.3. The second-order valence-corrected chi connectivity index (χ2v) is 38.0. The second kappa shape index (κ2) is 41.6. The molecule has 0 aromatic carbocycles. The Morgan fingerprint density at radius 2 is 0.738 bits per heavy atom. The first-order valence-corrected chi connectivity index (χ1v) is 46.7. The average molecular weight is 1910 g/mol. The van der Waals surface area contributed by atoms with Gasteiger partial charge in [0.25, 0.3) is 0 Å². The van der Waals surface area contributed by atoms with E-state index in [9.17, 15) is 43.1 Å². The fraction of sp³-hybridized carbons (Fsp3) is 0.375. The van der Waals surface area contributed by atoms with Crippen LogP contribution in [-0.2, 0) is 0 Å². The molecular weight excluding hydrogens is 1800 g/mol. The van der Waals surface area contributed by atoms with E-state index in [2.05, 4.69) is 164 Å². The largest absolute Gasteiger partial charge is 0.390 e. The zero-order chi connectivity index (χ0) is 99.9. The van der Waals surface area contributed by atoms with Gasteiger partial charge >= 0.3 is 6.18 Å². The Morgan fingerprint density at radius 3 is 1.11 bits per heavy atom. The van der Waals surface area contributed by atoms with Gasteiger partial charge in [0.15, 0.2) is 11.6 Å². The van der Waals surface area contributed by atoms with Gasteiger partial charge in [0.05, 0.1) is 40.2 Å². The van der Waals surface area contributed by atoms with Crippen LogP contribution in [0.1, 0.15) is 195 Å². The number of halogens is 4. The summed E-state index contributed by atoms with van der Waals surface area (Å²) in [5.74, 6) is 33.4. The lowest BCUT2D eigenvalue weighted by atomic mass is 9.89. The molecule has 15 N–H and O–H groups in total. The second-order valence-electron chi connectivity index (χ2n) is 38.0. The van der Waals surface area contributed by atoms with Gasteiger partial charge in [-0.3, -0.25) is 4.57 Å². The summed E-state index contributed by atoms with van der Waals surface area (Å²) in [7, 11) is 4.28. The van der Waals surface area contributed by atoms with Crippen molar-refractivity contribution in [1.82, 2.24) is 112 Å². The number of pyridine rings is 5. The molecule has 0 bridgehead atoms. The Bertz CT molecular complexity index is 7440. The number of aliphatic hydroxyl groups is 5. The lowest BCUT2D eigenvalue weighted by Gasteiger charge is -2.32. The Kier molecular flexibility index (Phi) is 29.2. The molecule has 15 aromatic heterocycles. The van der Waals surface area contributed by atoms with Crippen LogP contribution in [-0.4, -0.2) is 232 Å². The highest BCUT2D eigenvalue weighted by Gasteiger charge is 2.39. The Balaban J connectivity index is 0.000000128. The van der Waals surface area contributed by atoms with Crippen LogP contribution in [0.2, 0.25) is 0 Å². The van der Waals surface area contributed by atoms with E-state index in [4.69, 9.17) is 28.7 Å². The number of hydrogen-bond donors (Lipinski definition) is 10. The number of nitrogens with zero attached hydrogens (tertiary/aromatic N) is 23. The molecule has 1 atom stereocenters. The Labute approximate surface area is 812 Å². The van der Waals surface area contributed by atoms with Gasteiger partial charge in [-0.1, -0.05) is 29.6 Å². The summed E-state index contributed by atoms with van der Waals surface area (Å²) >= 11 is 0. The van der Waals surface area contributed by atoms with Crippen LogP contribution in [0, 0.1) is 70.9 Å². The molecule has 2 saturated carbocycles. The number of nitrogens with two attached hydrogens (primary N) is 5. The molecule has 726 valence electrons. The molecule has 0 spiro atoms. The van der Waals surface area contributed by atoms with Gasteiger partial charge in [0.1, 0.15) is 79.7 Å². The maximum absolute atomic E-state index is 14.6. The SMILES string of the molecule is CC(C)(O)C#Cc1cc2c(ccn2-c2ccnc(N)n2)cn1.CC(O)(C#Cc1cc2c(cn1)c(C1CCN(CCC(F)(F)F)CC1)cn2-c1ccnc(N)n1)C1CC1.CN1CCC(c2cn(-c3ccnc(N)n3)c3cc(C#CC(C)(C)O)ncc23)CC1.CN1CCC(c2cn(-c3nc(N)ncc3F)c3cc(C#CC(C)(C)O)ncc23)CC1.Nc1nccc(-n2ccc3cnc(C#CC4(O)CCCC4)cc32)n1. The van der Waals surface area contributed by atoms with Gasteiger partial charge in [0, 0.05) is 120 Å².